The summed E-state index contributed by atoms with van der Waals surface area (Å²) in [5, 5.41) is 2.95. The average molecular weight is 260 g/mol. The Hall–Kier alpha value is -2.04. The summed E-state index contributed by atoms with van der Waals surface area (Å²) in [6.45, 7) is 2.78. The molecule has 2 aliphatic rings. The number of likely N-dealkylation sites (tertiary alicyclic amines) is 1. The molecule has 1 aromatic rings. The lowest BCUT2D eigenvalue weighted by molar-refractivity contribution is -0.133. The summed E-state index contributed by atoms with van der Waals surface area (Å²) in [5.74, 6) is 0.595. The van der Waals surface area contributed by atoms with Crippen LogP contribution in [0.5, 0.6) is 5.75 Å². The van der Waals surface area contributed by atoms with E-state index in [1.807, 2.05) is 18.2 Å². The van der Waals surface area contributed by atoms with Crippen LogP contribution in [0.2, 0.25) is 0 Å². The molecule has 0 bridgehead atoms. The number of piperidine rings is 1. The van der Waals surface area contributed by atoms with Crippen LogP contribution < -0.4 is 10.1 Å². The average Bonchev–Trinajstić information content (AvgIpc) is 2.39. The van der Waals surface area contributed by atoms with Crippen LogP contribution in [-0.4, -0.2) is 35.5 Å². The van der Waals surface area contributed by atoms with Gasteiger partial charge in [-0.15, -0.1) is 0 Å². The Labute approximate surface area is 111 Å². The number of hydrogen-bond acceptors (Lipinski definition) is 3. The zero-order valence-electron chi connectivity index (χ0n) is 10.8. The van der Waals surface area contributed by atoms with E-state index in [0.29, 0.717) is 37.2 Å². The van der Waals surface area contributed by atoms with Crippen LogP contribution in [0.1, 0.15) is 30.1 Å². The minimum absolute atomic E-state index is 0.0670. The lowest BCUT2D eigenvalue weighted by Gasteiger charge is -2.44. The highest BCUT2D eigenvalue weighted by atomic mass is 16.5. The standard InChI is InChI=1S/C14H16N2O3/c1-10(17)16-8-6-14(7-9-16)15-13(18)11-4-2-3-5-12(11)19-14/h2-5H,6-9H2,1H3,(H,15,18). The van der Waals surface area contributed by atoms with Crippen molar-refractivity contribution in [1.82, 2.24) is 10.2 Å². The van der Waals surface area contributed by atoms with Crippen molar-refractivity contribution in [3.8, 4) is 5.75 Å². The molecule has 0 aliphatic carbocycles. The molecule has 2 amide bonds. The van der Waals surface area contributed by atoms with Crippen LogP contribution in [0, 0.1) is 0 Å². The predicted octanol–water partition coefficient (Wildman–Crippen LogP) is 1.15. The third-order valence-corrected chi connectivity index (χ3v) is 3.79. The van der Waals surface area contributed by atoms with Crippen molar-refractivity contribution in [3.63, 3.8) is 0 Å². The third-order valence-electron chi connectivity index (χ3n) is 3.79. The van der Waals surface area contributed by atoms with Gasteiger partial charge in [0, 0.05) is 32.9 Å². The molecule has 3 rings (SSSR count). The quantitative estimate of drug-likeness (QED) is 0.761. The van der Waals surface area contributed by atoms with Gasteiger partial charge in [-0.2, -0.15) is 0 Å². The summed E-state index contributed by atoms with van der Waals surface area (Å²) in [6, 6.07) is 7.24. The molecule has 1 fully saturated rings. The van der Waals surface area contributed by atoms with Crippen LogP contribution in [-0.2, 0) is 4.79 Å². The van der Waals surface area contributed by atoms with Gasteiger partial charge in [0.05, 0.1) is 5.56 Å². The Morgan fingerprint density at radius 2 is 2.00 bits per heavy atom. The molecule has 0 aromatic heterocycles. The first-order valence-electron chi connectivity index (χ1n) is 6.46. The van der Waals surface area contributed by atoms with E-state index < -0.39 is 5.72 Å². The number of hydrogen-bond donors (Lipinski definition) is 1. The fourth-order valence-corrected chi connectivity index (χ4v) is 2.66. The monoisotopic (exact) mass is 260 g/mol. The summed E-state index contributed by atoms with van der Waals surface area (Å²) in [4.78, 5) is 25.2. The van der Waals surface area contributed by atoms with Gasteiger partial charge in [0.1, 0.15) is 5.75 Å². The molecule has 100 valence electrons. The van der Waals surface area contributed by atoms with Gasteiger partial charge in [-0.05, 0) is 12.1 Å². The lowest BCUT2D eigenvalue weighted by atomic mass is 9.97. The lowest BCUT2D eigenvalue weighted by Crippen LogP contribution is -2.61. The fourth-order valence-electron chi connectivity index (χ4n) is 2.66. The number of amides is 2. The summed E-state index contributed by atoms with van der Waals surface area (Å²) >= 11 is 0. The van der Waals surface area contributed by atoms with E-state index in [1.54, 1.807) is 17.9 Å². The van der Waals surface area contributed by atoms with Gasteiger partial charge in [0.25, 0.3) is 5.91 Å². The number of benzene rings is 1. The van der Waals surface area contributed by atoms with Crippen LogP contribution in [0.25, 0.3) is 0 Å². The third kappa shape index (κ3) is 2.05. The Balaban J connectivity index is 1.82. The summed E-state index contributed by atoms with van der Waals surface area (Å²) < 4.78 is 5.99. The van der Waals surface area contributed by atoms with Gasteiger partial charge in [-0.3, -0.25) is 9.59 Å². The van der Waals surface area contributed by atoms with Crippen molar-refractivity contribution in [3.05, 3.63) is 29.8 Å². The molecule has 0 atom stereocenters. The zero-order chi connectivity index (χ0) is 13.5. The summed E-state index contributed by atoms with van der Waals surface area (Å²) in [6.07, 6.45) is 1.24. The number of ether oxygens (including phenoxy) is 1. The molecule has 1 saturated heterocycles. The van der Waals surface area contributed by atoms with Gasteiger partial charge < -0.3 is 15.0 Å². The second-order valence-corrected chi connectivity index (χ2v) is 5.05. The minimum Gasteiger partial charge on any atom is -0.467 e. The second kappa shape index (κ2) is 4.26. The maximum absolute atomic E-state index is 12.1. The molecular formula is C14H16N2O3. The molecule has 0 radical (unpaired) electrons. The highest BCUT2D eigenvalue weighted by Gasteiger charge is 2.42. The van der Waals surface area contributed by atoms with Crippen LogP contribution >= 0.6 is 0 Å². The Morgan fingerprint density at radius 1 is 1.32 bits per heavy atom. The van der Waals surface area contributed by atoms with Crippen LogP contribution in [0.4, 0.5) is 0 Å². The predicted molar refractivity (Wildman–Crippen MR) is 68.8 cm³/mol. The number of para-hydroxylation sites is 1. The van der Waals surface area contributed by atoms with Gasteiger partial charge in [-0.25, -0.2) is 0 Å². The number of fused-ring (bicyclic) bond motifs is 1. The van der Waals surface area contributed by atoms with Crippen molar-refractivity contribution < 1.29 is 14.3 Å². The van der Waals surface area contributed by atoms with Gasteiger partial charge in [0.2, 0.25) is 5.91 Å². The molecule has 5 heteroatoms. The topological polar surface area (TPSA) is 58.6 Å². The number of carbonyl (C=O) groups is 2. The van der Waals surface area contributed by atoms with Crippen LogP contribution in [0.15, 0.2) is 24.3 Å². The van der Waals surface area contributed by atoms with E-state index in [4.69, 9.17) is 4.74 Å². The van der Waals surface area contributed by atoms with Crippen LogP contribution in [0.3, 0.4) is 0 Å². The highest BCUT2D eigenvalue weighted by Crippen LogP contribution is 2.33. The number of carbonyl (C=O) groups excluding carboxylic acids is 2. The Bertz CT molecular complexity index is 533. The molecule has 5 nitrogen and oxygen atoms in total. The maximum atomic E-state index is 12.1. The van der Waals surface area contributed by atoms with Gasteiger partial charge in [0.15, 0.2) is 5.72 Å². The molecule has 2 aliphatic heterocycles. The van der Waals surface area contributed by atoms with E-state index in [0.717, 1.165) is 0 Å². The first-order valence-corrected chi connectivity index (χ1v) is 6.46. The van der Waals surface area contributed by atoms with Gasteiger partial charge in [-0.1, -0.05) is 12.1 Å². The molecule has 0 saturated carbocycles. The Kier molecular flexibility index (Phi) is 2.69. The van der Waals surface area contributed by atoms with Crippen molar-refractivity contribution >= 4 is 11.8 Å². The summed E-state index contributed by atoms with van der Waals surface area (Å²) in [5.41, 5.74) is -0.0840. The second-order valence-electron chi connectivity index (χ2n) is 5.05. The van der Waals surface area contributed by atoms with E-state index in [2.05, 4.69) is 5.32 Å². The van der Waals surface area contributed by atoms with E-state index >= 15 is 0 Å². The SMILES string of the molecule is CC(=O)N1CCC2(CC1)NC(=O)c1ccccc1O2. The van der Waals surface area contributed by atoms with Crippen molar-refractivity contribution in [2.45, 2.75) is 25.5 Å². The summed E-state index contributed by atoms with van der Waals surface area (Å²) in [7, 11) is 0. The molecule has 1 aromatic carbocycles. The zero-order valence-corrected chi connectivity index (χ0v) is 10.8. The van der Waals surface area contributed by atoms with E-state index in [-0.39, 0.29) is 11.8 Å². The largest absolute Gasteiger partial charge is 0.467 e. The van der Waals surface area contributed by atoms with E-state index in [9.17, 15) is 9.59 Å². The maximum Gasteiger partial charge on any atom is 0.258 e. The smallest absolute Gasteiger partial charge is 0.258 e. The first-order chi connectivity index (χ1) is 9.10. The van der Waals surface area contributed by atoms with Crippen molar-refractivity contribution in [1.29, 1.82) is 0 Å². The van der Waals surface area contributed by atoms with Gasteiger partial charge >= 0.3 is 0 Å². The highest BCUT2D eigenvalue weighted by molar-refractivity contribution is 5.98. The fraction of sp³-hybridized carbons (Fsp3) is 0.429. The molecule has 1 N–H and O–H groups in total. The molecule has 2 heterocycles. The normalized spacial score (nSPS) is 20.5. The van der Waals surface area contributed by atoms with Crippen molar-refractivity contribution in [2.24, 2.45) is 0 Å². The molecule has 1 spiro atoms. The minimum atomic E-state index is -0.655. The molecule has 19 heavy (non-hydrogen) atoms. The van der Waals surface area contributed by atoms with Crippen molar-refractivity contribution in [2.75, 3.05) is 13.1 Å². The first kappa shape index (κ1) is 12.0. The number of nitrogens with one attached hydrogen (secondary N) is 1. The molecule has 0 unspecified atom stereocenters. The number of rotatable bonds is 0. The Morgan fingerprint density at radius 3 is 2.68 bits per heavy atom. The van der Waals surface area contributed by atoms with E-state index in [1.165, 1.54) is 0 Å². The molecular weight excluding hydrogens is 244 g/mol. The number of nitrogens with zero attached hydrogens (tertiary/aromatic N) is 1.